The average Bonchev–Trinajstić information content (AvgIpc) is 3.41. The van der Waals surface area contributed by atoms with Crippen molar-refractivity contribution in [3.8, 4) is 44.8 Å². The third kappa shape index (κ3) is 5.53. The topological polar surface area (TPSA) is 44.1 Å². The summed E-state index contributed by atoms with van der Waals surface area (Å²) in [5.74, 6) is 1.96. The van der Waals surface area contributed by atoms with Gasteiger partial charge in [-0.1, -0.05) is 72.7 Å². The maximum absolute atomic E-state index is 8.61. The highest BCUT2D eigenvalue weighted by Crippen LogP contribution is 2.43. The van der Waals surface area contributed by atoms with Crippen LogP contribution in [0.1, 0.15) is 76.1 Å². The Morgan fingerprint density at radius 1 is 0.480 bits per heavy atom. The van der Waals surface area contributed by atoms with E-state index in [2.05, 4.69) is 140 Å². The first-order chi connectivity index (χ1) is 25.7. The molecular weight excluding hydrogens is 611 g/mol. The molecule has 5 aromatic rings. The molecule has 3 heterocycles. The lowest BCUT2D eigenvalue weighted by atomic mass is 9.83. The van der Waals surface area contributed by atoms with Crippen LogP contribution in [0.4, 0.5) is 11.4 Å². The second-order valence-corrected chi connectivity index (χ2v) is 15.5. The molecule has 5 nitrogen and oxygen atoms in total. The minimum atomic E-state index is -0.408. The van der Waals surface area contributed by atoms with E-state index >= 15 is 0 Å². The normalized spacial score (nSPS) is 20.0. The monoisotopic (exact) mass is 664 g/mol. The Morgan fingerprint density at radius 2 is 0.900 bits per heavy atom. The summed E-state index contributed by atoms with van der Waals surface area (Å²) in [7, 11) is 0. The molecular formula is C45H49N5. The number of pyridine rings is 1. The zero-order valence-electron chi connectivity index (χ0n) is 35.8. The Balaban J connectivity index is 1.34. The summed E-state index contributed by atoms with van der Waals surface area (Å²) in [6.45, 7) is 21.7. The summed E-state index contributed by atoms with van der Waals surface area (Å²) in [6.07, 6.45) is 0. The minimum absolute atomic E-state index is 0.173. The lowest BCUT2D eigenvalue weighted by molar-refractivity contribution is 0.338. The molecule has 7 rings (SSSR count). The minimum Gasteiger partial charge on any atom is -0.322 e. The number of benzene rings is 4. The summed E-state index contributed by atoms with van der Waals surface area (Å²) < 4.78 is 41.8. The van der Waals surface area contributed by atoms with E-state index in [4.69, 9.17) is 21.8 Å². The number of aromatic nitrogens is 1. The lowest BCUT2D eigenvalue weighted by Gasteiger charge is -2.41. The molecule has 2 aliphatic rings. The molecule has 0 radical (unpaired) electrons. The molecule has 0 saturated heterocycles. The van der Waals surface area contributed by atoms with Crippen LogP contribution in [0.5, 0.6) is 0 Å². The number of rotatable bonds is 6. The van der Waals surface area contributed by atoms with Gasteiger partial charge in [-0.15, -0.1) is 0 Å². The summed E-state index contributed by atoms with van der Waals surface area (Å²) in [4.78, 5) is 19.8. The van der Waals surface area contributed by atoms with Gasteiger partial charge in [-0.3, -0.25) is 9.98 Å². The third-order valence-corrected chi connectivity index (χ3v) is 11.3. The predicted molar refractivity (Wildman–Crippen MR) is 213 cm³/mol. The quantitative estimate of drug-likeness (QED) is 0.181. The highest BCUT2D eigenvalue weighted by Gasteiger charge is 2.49. The van der Waals surface area contributed by atoms with E-state index in [9.17, 15) is 0 Å². The van der Waals surface area contributed by atoms with Crippen molar-refractivity contribution in [2.45, 2.75) is 91.4 Å². The molecule has 0 atom stereocenters. The first-order valence-corrected chi connectivity index (χ1v) is 17.3. The molecule has 0 aliphatic carbocycles. The summed E-state index contributed by atoms with van der Waals surface area (Å²) in [6, 6.07) is 27.0. The number of hydrogen-bond donors (Lipinski definition) is 0. The van der Waals surface area contributed by atoms with Gasteiger partial charge < -0.3 is 9.80 Å². The van der Waals surface area contributed by atoms with Gasteiger partial charge in [0.25, 0.3) is 0 Å². The molecule has 0 unspecified atom stereocenters. The highest BCUT2D eigenvalue weighted by molar-refractivity contribution is 6.01. The van der Waals surface area contributed by atoms with E-state index in [1.165, 1.54) is 0 Å². The molecule has 0 spiro atoms. The van der Waals surface area contributed by atoms with Gasteiger partial charge >= 0.3 is 0 Å². The fourth-order valence-corrected chi connectivity index (χ4v) is 7.36. The third-order valence-electron chi connectivity index (χ3n) is 11.3. The van der Waals surface area contributed by atoms with Crippen LogP contribution in [0.3, 0.4) is 0 Å². The fraction of sp³-hybridized carbons (Fsp3) is 0.311. The molecule has 4 aromatic carbocycles. The molecule has 2 aliphatic heterocycles. The van der Waals surface area contributed by atoms with Gasteiger partial charge in [0.2, 0.25) is 0 Å². The Hall–Kier alpha value is -5.03. The van der Waals surface area contributed by atoms with Crippen LogP contribution in [0, 0.1) is 0 Å². The van der Waals surface area contributed by atoms with Crippen LogP contribution in [-0.4, -0.2) is 38.8 Å². The maximum Gasteiger partial charge on any atom is 0.102 e. The second-order valence-electron chi connectivity index (χ2n) is 15.5. The van der Waals surface area contributed by atoms with Crippen LogP contribution >= 0.6 is 0 Å². The van der Waals surface area contributed by atoms with Crippen molar-refractivity contribution in [1.82, 2.24) is 4.98 Å². The molecule has 0 amide bonds. The number of amidine groups is 2. The van der Waals surface area contributed by atoms with Crippen molar-refractivity contribution in [1.29, 1.82) is 0 Å². The van der Waals surface area contributed by atoms with E-state index in [1.54, 1.807) is 6.07 Å². The molecule has 1 aromatic heterocycles. The standard InChI is InChI=1S/C45H49N5/c1-30-47-42(3,4)44(7,8)49(30)38-23-19-33(20-24-38)40-28-37(36-18-14-17-35(27-36)32-15-12-11-13-16-32)29-41(46-40)34-21-25-39(26-22-34)50-31(2)48-43(5,6)45(50,9)10/h11-29H,1-10H3/i11D,12D,13D,15D,16D. The zero-order valence-corrected chi connectivity index (χ0v) is 30.8. The second kappa shape index (κ2) is 11.8. The lowest BCUT2D eigenvalue weighted by Crippen LogP contribution is -2.52. The molecule has 0 saturated carbocycles. The predicted octanol–water partition coefficient (Wildman–Crippen LogP) is 11.3. The first-order valence-electron chi connectivity index (χ1n) is 19.8. The van der Waals surface area contributed by atoms with Crippen LogP contribution in [0.25, 0.3) is 44.8 Å². The Morgan fingerprint density at radius 3 is 1.30 bits per heavy atom. The van der Waals surface area contributed by atoms with E-state index in [0.717, 1.165) is 56.7 Å². The Kier molecular flexibility index (Phi) is 6.55. The van der Waals surface area contributed by atoms with E-state index in [1.807, 2.05) is 18.2 Å². The van der Waals surface area contributed by atoms with Gasteiger partial charge in [0, 0.05) is 22.5 Å². The first kappa shape index (κ1) is 27.8. The van der Waals surface area contributed by atoms with E-state index in [0.29, 0.717) is 5.56 Å². The molecule has 50 heavy (non-hydrogen) atoms. The van der Waals surface area contributed by atoms with Gasteiger partial charge in [0.1, 0.15) is 11.7 Å². The fourth-order valence-electron chi connectivity index (χ4n) is 7.36. The van der Waals surface area contributed by atoms with Gasteiger partial charge in [-0.05, 0) is 134 Å². The SMILES string of the molecule is [2H]c1c([2H])c([2H])c(-c2cccc(-c3cc(-c4ccc(N5C(C)=NC(C)(C)C5(C)C)cc4)nc(-c4ccc(N5C(C)=NC(C)(C)C5(C)C)cc4)c3)c2)c([2H])c1[2H]. The summed E-state index contributed by atoms with van der Waals surface area (Å²) in [5.41, 5.74) is 7.11. The highest BCUT2D eigenvalue weighted by atomic mass is 15.3. The van der Waals surface area contributed by atoms with Crippen molar-refractivity contribution >= 4 is 23.0 Å². The summed E-state index contributed by atoms with van der Waals surface area (Å²) in [5, 5.41) is 0. The zero-order chi connectivity index (χ0) is 40.0. The van der Waals surface area contributed by atoms with E-state index in [-0.39, 0.29) is 51.9 Å². The molecule has 5 heteroatoms. The van der Waals surface area contributed by atoms with Crippen molar-refractivity contribution in [2.24, 2.45) is 9.98 Å². The number of aliphatic imine (C=N–C) groups is 2. The Labute approximate surface area is 305 Å². The van der Waals surface area contributed by atoms with Gasteiger partial charge in [0.15, 0.2) is 0 Å². The molecule has 254 valence electrons. The number of nitrogens with zero attached hydrogens (tertiary/aromatic N) is 5. The molecule has 0 fully saturated rings. The van der Waals surface area contributed by atoms with Crippen molar-refractivity contribution in [3.63, 3.8) is 0 Å². The van der Waals surface area contributed by atoms with Gasteiger partial charge in [-0.2, -0.15) is 0 Å². The van der Waals surface area contributed by atoms with Crippen LogP contribution in [0.15, 0.2) is 125 Å². The maximum atomic E-state index is 8.61. The Bertz CT molecular complexity index is 2270. The summed E-state index contributed by atoms with van der Waals surface area (Å²) >= 11 is 0. The van der Waals surface area contributed by atoms with Crippen LogP contribution in [0.2, 0.25) is 0 Å². The smallest absolute Gasteiger partial charge is 0.102 e. The number of anilines is 2. The van der Waals surface area contributed by atoms with Gasteiger partial charge in [-0.25, -0.2) is 4.98 Å². The molecule has 0 bridgehead atoms. The van der Waals surface area contributed by atoms with Crippen LogP contribution < -0.4 is 9.80 Å². The van der Waals surface area contributed by atoms with Crippen LogP contribution in [-0.2, 0) is 0 Å². The van der Waals surface area contributed by atoms with Crippen molar-refractivity contribution in [2.75, 3.05) is 9.80 Å². The van der Waals surface area contributed by atoms with Crippen molar-refractivity contribution < 1.29 is 6.85 Å². The van der Waals surface area contributed by atoms with E-state index < -0.39 is 6.04 Å². The molecule has 0 N–H and O–H groups in total. The van der Waals surface area contributed by atoms with Crippen molar-refractivity contribution in [3.05, 3.63) is 115 Å². The van der Waals surface area contributed by atoms with Gasteiger partial charge in [0.05, 0.1) is 40.4 Å². The average molecular weight is 665 g/mol. The largest absolute Gasteiger partial charge is 0.322 e. The number of hydrogen-bond acceptors (Lipinski definition) is 5.